The molecule has 1 amide bonds. The fourth-order valence-corrected chi connectivity index (χ4v) is 0.546. The molecule has 0 saturated carbocycles. The molecule has 0 unspecified atom stereocenters. The van der Waals surface area contributed by atoms with Crippen molar-refractivity contribution in [2.75, 3.05) is 6.61 Å². The number of hydrogen-bond donors (Lipinski definition) is 2. The fraction of sp³-hybridized carbons (Fsp3) is 0.333. The molecule has 0 aliphatic carbocycles. The van der Waals surface area contributed by atoms with Gasteiger partial charge in [0.05, 0.1) is 6.61 Å². The highest BCUT2D eigenvalue weighted by Gasteiger charge is 2.03. The number of ether oxygens (including phenoxy) is 1. The monoisotopic (exact) mass is 171 g/mol. The Morgan fingerprint density at radius 1 is 1.83 bits per heavy atom. The molecule has 1 rings (SSSR count). The van der Waals surface area contributed by atoms with Crippen LogP contribution in [-0.4, -0.2) is 22.7 Å². The third-order valence-corrected chi connectivity index (χ3v) is 0.962. The van der Waals surface area contributed by atoms with Gasteiger partial charge in [0.1, 0.15) is 0 Å². The normalized spacial score (nSPS) is 9.42. The van der Waals surface area contributed by atoms with Gasteiger partial charge in [-0.05, 0) is 6.92 Å². The second-order valence-electron chi connectivity index (χ2n) is 1.82. The van der Waals surface area contributed by atoms with Gasteiger partial charge in [-0.3, -0.25) is 4.84 Å². The molecule has 0 atom stereocenters. The number of aromatic nitrogens is 2. The van der Waals surface area contributed by atoms with Crippen molar-refractivity contribution in [3.63, 3.8) is 0 Å². The van der Waals surface area contributed by atoms with Crippen LogP contribution >= 0.6 is 0 Å². The molecule has 2 N–H and O–H groups in total. The van der Waals surface area contributed by atoms with Gasteiger partial charge in [0.15, 0.2) is 0 Å². The van der Waals surface area contributed by atoms with Crippen molar-refractivity contribution in [1.82, 2.24) is 15.4 Å². The molecule has 6 heteroatoms. The van der Waals surface area contributed by atoms with E-state index in [2.05, 4.69) is 19.5 Å². The van der Waals surface area contributed by atoms with Crippen LogP contribution in [0.4, 0.5) is 4.79 Å². The summed E-state index contributed by atoms with van der Waals surface area (Å²) in [6.45, 7) is 2.13. The molecule has 1 aromatic rings. The molecule has 0 aliphatic heterocycles. The molecule has 1 aromatic heterocycles. The number of carbonyl (C=O) groups is 1. The average molecular weight is 171 g/mol. The van der Waals surface area contributed by atoms with E-state index in [9.17, 15) is 4.79 Å². The topological polar surface area (TPSA) is 76.2 Å². The second-order valence-corrected chi connectivity index (χ2v) is 1.82. The van der Waals surface area contributed by atoms with Gasteiger partial charge in [-0.15, -0.1) is 0 Å². The van der Waals surface area contributed by atoms with Crippen LogP contribution in [0.25, 0.3) is 0 Å². The van der Waals surface area contributed by atoms with Gasteiger partial charge in [-0.2, -0.15) is 5.48 Å². The van der Waals surface area contributed by atoms with Gasteiger partial charge >= 0.3 is 12.1 Å². The van der Waals surface area contributed by atoms with Gasteiger partial charge in [0.2, 0.25) is 0 Å². The molecule has 1 heterocycles. The lowest BCUT2D eigenvalue weighted by atomic mass is 10.9. The molecular weight excluding hydrogens is 162 g/mol. The number of nitrogens with zero attached hydrogens (tertiary/aromatic N) is 1. The summed E-state index contributed by atoms with van der Waals surface area (Å²) in [5.41, 5.74) is 2.05. The Balaban J connectivity index is 2.27. The van der Waals surface area contributed by atoms with Crippen molar-refractivity contribution >= 4 is 6.09 Å². The number of carbonyl (C=O) groups excluding carboxylic acids is 1. The summed E-state index contributed by atoms with van der Waals surface area (Å²) in [6, 6.07) is 0.132. The van der Waals surface area contributed by atoms with E-state index in [1.54, 1.807) is 13.1 Å². The van der Waals surface area contributed by atoms with Crippen LogP contribution < -0.4 is 10.2 Å². The molecule has 66 valence electrons. The Hall–Kier alpha value is -1.56. The lowest BCUT2D eigenvalue weighted by Gasteiger charge is -2.01. The molecule has 0 aromatic carbocycles. The summed E-state index contributed by atoms with van der Waals surface area (Å²) >= 11 is 0. The van der Waals surface area contributed by atoms with E-state index < -0.39 is 6.09 Å². The molecule has 0 saturated heterocycles. The van der Waals surface area contributed by atoms with Gasteiger partial charge in [-0.25, -0.2) is 9.78 Å². The minimum absolute atomic E-state index is 0.132. The maximum atomic E-state index is 10.8. The first kappa shape index (κ1) is 8.54. The first-order valence-electron chi connectivity index (χ1n) is 3.42. The van der Waals surface area contributed by atoms with E-state index in [1.165, 1.54) is 6.20 Å². The third kappa shape index (κ3) is 2.59. The van der Waals surface area contributed by atoms with Crippen LogP contribution in [0.5, 0.6) is 6.01 Å². The number of hydroxylamine groups is 1. The summed E-state index contributed by atoms with van der Waals surface area (Å²) in [5, 5.41) is 0. The second kappa shape index (κ2) is 4.35. The molecule has 0 fully saturated rings. The Morgan fingerprint density at radius 3 is 3.25 bits per heavy atom. The lowest BCUT2D eigenvalue weighted by molar-refractivity contribution is 0.0524. The van der Waals surface area contributed by atoms with Crippen molar-refractivity contribution < 1.29 is 14.4 Å². The van der Waals surface area contributed by atoms with Crippen molar-refractivity contribution in [1.29, 1.82) is 0 Å². The number of imidazole rings is 1. The highest BCUT2D eigenvalue weighted by Crippen LogP contribution is 1.97. The van der Waals surface area contributed by atoms with E-state index in [-0.39, 0.29) is 6.01 Å². The summed E-state index contributed by atoms with van der Waals surface area (Å²) in [4.78, 5) is 21.6. The molecule has 12 heavy (non-hydrogen) atoms. The predicted molar refractivity (Wildman–Crippen MR) is 39.4 cm³/mol. The standard InChI is InChI=1S/C6H9N3O3/c1-2-11-9-6(10)12-5-7-3-4-8-5/h3-4H,2H2,1H3,(H,7,8)(H,9,10). The molecule has 0 bridgehead atoms. The SMILES string of the molecule is CCONC(=O)Oc1ncc[nH]1. The van der Waals surface area contributed by atoms with Crippen LogP contribution in [0.3, 0.4) is 0 Å². The van der Waals surface area contributed by atoms with Gasteiger partial charge in [0, 0.05) is 12.4 Å². The lowest BCUT2D eigenvalue weighted by Crippen LogP contribution is -2.27. The number of hydrogen-bond acceptors (Lipinski definition) is 4. The van der Waals surface area contributed by atoms with Crippen molar-refractivity contribution in [2.45, 2.75) is 6.92 Å². The fourth-order valence-electron chi connectivity index (χ4n) is 0.546. The molecule has 6 nitrogen and oxygen atoms in total. The first-order chi connectivity index (χ1) is 5.83. The van der Waals surface area contributed by atoms with E-state index in [0.29, 0.717) is 6.61 Å². The van der Waals surface area contributed by atoms with E-state index >= 15 is 0 Å². The Morgan fingerprint density at radius 2 is 2.67 bits per heavy atom. The van der Waals surface area contributed by atoms with Crippen molar-refractivity contribution in [3.8, 4) is 6.01 Å². The highest BCUT2D eigenvalue weighted by molar-refractivity contribution is 5.68. The third-order valence-electron chi connectivity index (χ3n) is 0.962. The number of nitrogens with one attached hydrogen (secondary N) is 2. The largest absolute Gasteiger partial charge is 0.439 e. The zero-order valence-corrected chi connectivity index (χ0v) is 6.53. The summed E-state index contributed by atoms with van der Waals surface area (Å²) in [7, 11) is 0. The van der Waals surface area contributed by atoms with E-state index in [1.807, 2.05) is 5.48 Å². The zero-order valence-electron chi connectivity index (χ0n) is 6.53. The minimum atomic E-state index is -0.702. The maximum absolute atomic E-state index is 10.8. The van der Waals surface area contributed by atoms with Crippen molar-refractivity contribution in [3.05, 3.63) is 12.4 Å². The van der Waals surface area contributed by atoms with Gasteiger partial charge in [0.25, 0.3) is 0 Å². The first-order valence-corrected chi connectivity index (χ1v) is 3.42. The predicted octanol–water partition coefficient (Wildman–Crippen LogP) is 0.450. The van der Waals surface area contributed by atoms with Crippen molar-refractivity contribution in [2.24, 2.45) is 0 Å². The summed E-state index contributed by atoms with van der Waals surface area (Å²) < 4.78 is 4.61. The smallest absolute Gasteiger partial charge is 0.374 e. The van der Waals surface area contributed by atoms with Gasteiger partial charge < -0.3 is 9.72 Å². The van der Waals surface area contributed by atoms with Crippen LogP contribution in [-0.2, 0) is 4.84 Å². The van der Waals surface area contributed by atoms with Crippen LogP contribution in [0.15, 0.2) is 12.4 Å². The molecular formula is C6H9N3O3. The quantitative estimate of drug-likeness (QED) is 0.647. The maximum Gasteiger partial charge on any atom is 0.439 e. The van der Waals surface area contributed by atoms with E-state index in [4.69, 9.17) is 0 Å². The zero-order chi connectivity index (χ0) is 8.81. The molecule has 0 radical (unpaired) electrons. The Labute approximate surface area is 68.8 Å². The number of amides is 1. The van der Waals surface area contributed by atoms with Gasteiger partial charge in [-0.1, -0.05) is 0 Å². The molecule has 0 spiro atoms. The van der Waals surface area contributed by atoms with Crippen LogP contribution in [0.1, 0.15) is 6.92 Å². The Bertz CT molecular complexity index is 234. The Kier molecular flexibility index (Phi) is 3.09. The number of rotatable bonds is 3. The summed E-state index contributed by atoms with van der Waals surface area (Å²) in [6.07, 6.45) is 2.32. The highest BCUT2D eigenvalue weighted by atomic mass is 16.7. The molecule has 0 aliphatic rings. The van der Waals surface area contributed by atoms with Crippen LogP contribution in [0, 0.1) is 0 Å². The number of H-pyrrole nitrogens is 1. The number of aromatic amines is 1. The summed E-state index contributed by atoms with van der Waals surface area (Å²) in [5.74, 6) is 0. The van der Waals surface area contributed by atoms with E-state index in [0.717, 1.165) is 0 Å². The van der Waals surface area contributed by atoms with Crippen LogP contribution in [0.2, 0.25) is 0 Å². The average Bonchev–Trinajstić information content (AvgIpc) is 2.53. The minimum Gasteiger partial charge on any atom is -0.374 e.